The van der Waals surface area contributed by atoms with Crippen molar-refractivity contribution in [2.24, 2.45) is 0 Å². The Bertz CT molecular complexity index is 277. The molecule has 1 aromatic carbocycles. The van der Waals surface area contributed by atoms with E-state index >= 15 is 0 Å². The van der Waals surface area contributed by atoms with Crippen molar-refractivity contribution in [2.45, 2.75) is 25.9 Å². The van der Waals surface area contributed by atoms with Crippen molar-refractivity contribution in [1.29, 1.82) is 0 Å². The molecule has 1 aromatic rings. The van der Waals surface area contributed by atoms with E-state index < -0.39 is 0 Å². The van der Waals surface area contributed by atoms with Crippen LogP contribution in [-0.4, -0.2) is 40.9 Å². The summed E-state index contributed by atoms with van der Waals surface area (Å²) in [5.74, 6) is 0. The van der Waals surface area contributed by atoms with Gasteiger partial charge in [0.1, 0.15) is 0 Å². The number of aliphatic hydroxyl groups excluding tert-OH is 2. The molecule has 0 amide bonds. The molecule has 90 valence electrons. The molecule has 0 aromatic heterocycles. The lowest BCUT2D eigenvalue weighted by Crippen LogP contribution is -2.38. The molecule has 0 heterocycles. The van der Waals surface area contributed by atoms with E-state index in [4.69, 9.17) is 5.11 Å². The molecule has 0 fully saturated rings. The third-order valence-electron chi connectivity index (χ3n) is 2.82. The maximum Gasteiger partial charge on any atom is 0.0587 e. The van der Waals surface area contributed by atoms with E-state index in [0.717, 1.165) is 13.1 Å². The molecule has 0 saturated carbocycles. The zero-order valence-electron chi connectivity index (χ0n) is 9.84. The van der Waals surface area contributed by atoms with E-state index in [0.29, 0.717) is 6.42 Å². The largest absolute Gasteiger partial charge is 0.396 e. The predicted molar refractivity (Wildman–Crippen MR) is 65.1 cm³/mol. The van der Waals surface area contributed by atoms with Crippen molar-refractivity contribution in [1.82, 2.24) is 4.90 Å². The monoisotopic (exact) mass is 223 g/mol. The van der Waals surface area contributed by atoms with E-state index in [2.05, 4.69) is 24.0 Å². The van der Waals surface area contributed by atoms with Crippen LogP contribution in [0, 0.1) is 0 Å². The van der Waals surface area contributed by atoms with Crippen LogP contribution in [0.25, 0.3) is 0 Å². The minimum atomic E-state index is 0.0511. The van der Waals surface area contributed by atoms with Crippen molar-refractivity contribution >= 4 is 0 Å². The summed E-state index contributed by atoms with van der Waals surface area (Å²) in [4.78, 5) is 2.19. The van der Waals surface area contributed by atoms with Crippen LogP contribution in [0.3, 0.4) is 0 Å². The van der Waals surface area contributed by atoms with Gasteiger partial charge in [0.25, 0.3) is 0 Å². The van der Waals surface area contributed by atoms with Gasteiger partial charge in [0, 0.05) is 19.2 Å². The van der Waals surface area contributed by atoms with Gasteiger partial charge in [-0.1, -0.05) is 37.3 Å². The molecule has 1 rings (SSSR count). The lowest BCUT2D eigenvalue weighted by molar-refractivity contribution is 0.0981. The van der Waals surface area contributed by atoms with Gasteiger partial charge in [-0.15, -0.1) is 0 Å². The molecule has 1 atom stereocenters. The molecule has 3 nitrogen and oxygen atoms in total. The fourth-order valence-corrected chi connectivity index (χ4v) is 1.86. The van der Waals surface area contributed by atoms with Crippen LogP contribution in [0.1, 0.15) is 18.9 Å². The molecule has 0 aliphatic rings. The smallest absolute Gasteiger partial charge is 0.0587 e. The summed E-state index contributed by atoms with van der Waals surface area (Å²) in [6, 6.07) is 10.2. The quantitative estimate of drug-likeness (QED) is 0.731. The average molecular weight is 223 g/mol. The van der Waals surface area contributed by atoms with Crippen LogP contribution in [0.4, 0.5) is 0 Å². The fraction of sp³-hybridized carbons (Fsp3) is 0.538. The zero-order valence-corrected chi connectivity index (χ0v) is 9.84. The highest BCUT2D eigenvalue weighted by Crippen LogP contribution is 2.10. The van der Waals surface area contributed by atoms with E-state index in [-0.39, 0.29) is 19.3 Å². The fourth-order valence-electron chi connectivity index (χ4n) is 1.86. The Hall–Kier alpha value is -0.900. The minimum Gasteiger partial charge on any atom is -0.396 e. The van der Waals surface area contributed by atoms with Crippen LogP contribution in [0.15, 0.2) is 30.3 Å². The van der Waals surface area contributed by atoms with Gasteiger partial charge in [-0.3, -0.25) is 4.90 Å². The molecular formula is C13H21NO2. The van der Waals surface area contributed by atoms with Gasteiger partial charge in [-0.2, -0.15) is 0 Å². The number of benzene rings is 1. The summed E-state index contributed by atoms with van der Waals surface area (Å²) in [5.41, 5.74) is 1.24. The molecule has 1 unspecified atom stereocenters. The summed E-state index contributed by atoms with van der Waals surface area (Å²) >= 11 is 0. The maximum atomic E-state index is 9.28. The zero-order chi connectivity index (χ0) is 11.8. The molecular weight excluding hydrogens is 202 g/mol. The number of nitrogens with zero attached hydrogens (tertiary/aromatic N) is 1. The van der Waals surface area contributed by atoms with E-state index in [9.17, 15) is 5.11 Å². The number of likely N-dealkylation sites (N-methyl/N-ethyl adjacent to an activating group) is 1. The summed E-state index contributed by atoms with van der Waals surface area (Å²) < 4.78 is 0. The summed E-state index contributed by atoms with van der Waals surface area (Å²) in [6.45, 7) is 3.99. The number of aliphatic hydroxyl groups is 2. The van der Waals surface area contributed by atoms with Gasteiger partial charge < -0.3 is 10.2 Å². The molecule has 0 aliphatic heterocycles. The van der Waals surface area contributed by atoms with Crippen LogP contribution in [-0.2, 0) is 6.54 Å². The second-order valence-electron chi connectivity index (χ2n) is 3.90. The number of hydrogen-bond donors (Lipinski definition) is 2. The van der Waals surface area contributed by atoms with Crippen LogP contribution < -0.4 is 0 Å². The van der Waals surface area contributed by atoms with Gasteiger partial charge in [0.15, 0.2) is 0 Å². The van der Waals surface area contributed by atoms with E-state index in [1.165, 1.54) is 5.56 Å². The third kappa shape index (κ3) is 3.93. The molecule has 0 spiro atoms. The first-order valence-corrected chi connectivity index (χ1v) is 5.81. The molecule has 16 heavy (non-hydrogen) atoms. The standard InChI is InChI=1S/C13H21NO2/c1-2-14(13(11-16)8-9-15)10-12-6-4-3-5-7-12/h3-7,13,15-16H,2,8-11H2,1H3. The van der Waals surface area contributed by atoms with Crippen molar-refractivity contribution in [2.75, 3.05) is 19.8 Å². The predicted octanol–water partition coefficient (Wildman–Crippen LogP) is 1.25. The van der Waals surface area contributed by atoms with Gasteiger partial charge >= 0.3 is 0 Å². The van der Waals surface area contributed by atoms with Crippen molar-refractivity contribution in [3.05, 3.63) is 35.9 Å². The Morgan fingerprint density at radius 2 is 1.88 bits per heavy atom. The molecule has 3 heteroatoms. The Balaban J connectivity index is 2.60. The van der Waals surface area contributed by atoms with Crippen LogP contribution >= 0.6 is 0 Å². The Morgan fingerprint density at radius 3 is 2.38 bits per heavy atom. The van der Waals surface area contributed by atoms with Crippen molar-refractivity contribution in [3.8, 4) is 0 Å². The second-order valence-corrected chi connectivity index (χ2v) is 3.90. The Labute approximate surface area is 97.3 Å². The van der Waals surface area contributed by atoms with Crippen LogP contribution in [0.5, 0.6) is 0 Å². The molecule has 0 bridgehead atoms. The number of hydrogen-bond acceptors (Lipinski definition) is 3. The van der Waals surface area contributed by atoms with Crippen molar-refractivity contribution < 1.29 is 10.2 Å². The number of rotatable bonds is 7. The Morgan fingerprint density at radius 1 is 1.19 bits per heavy atom. The summed E-state index contributed by atoms with van der Waals surface area (Å²) in [7, 11) is 0. The average Bonchev–Trinajstić information content (AvgIpc) is 2.35. The first-order chi connectivity index (χ1) is 7.81. The first kappa shape index (κ1) is 13.2. The lowest BCUT2D eigenvalue weighted by Gasteiger charge is -2.28. The van der Waals surface area contributed by atoms with Crippen LogP contribution in [0.2, 0.25) is 0 Å². The van der Waals surface area contributed by atoms with E-state index in [1.54, 1.807) is 0 Å². The molecule has 0 aliphatic carbocycles. The van der Waals surface area contributed by atoms with Crippen molar-refractivity contribution in [3.63, 3.8) is 0 Å². The first-order valence-electron chi connectivity index (χ1n) is 5.81. The van der Waals surface area contributed by atoms with Gasteiger partial charge in [0.05, 0.1) is 6.61 Å². The Kier molecular flexibility index (Phi) is 6.08. The van der Waals surface area contributed by atoms with Gasteiger partial charge in [-0.05, 0) is 18.5 Å². The van der Waals surface area contributed by atoms with E-state index in [1.807, 2.05) is 18.2 Å². The third-order valence-corrected chi connectivity index (χ3v) is 2.82. The maximum absolute atomic E-state index is 9.28. The highest BCUT2D eigenvalue weighted by atomic mass is 16.3. The second kappa shape index (κ2) is 7.39. The SMILES string of the molecule is CCN(Cc1ccccc1)C(CO)CCO. The highest BCUT2D eigenvalue weighted by molar-refractivity contribution is 5.14. The van der Waals surface area contributed by atoms with Gasteiger partial charge in [0.2, 0.25) is 0 Å². The molecule has 0 radical (unpaired) electrons. The lowest BCUT2D eigenvalue weighted by atomic mass is 10.1. The molecule has 0 saturated heterocycles. The summed E-state index contributed by atoms with van der Waals surface area (Å²) in [6.07, 6.45) is 0.622. The normalized spacial score (nSPS) is 13.0. The highest BCUT2D eigenvalue weighted by Gasteiger charge is 2.15. The van der Waals surface area contributed by atoms with Gasteiger partial charge in [-0.25, -0.2) is 0 Å². The molecule has 2 N–H and O–H groups in total. The minimum absolute atomic E-state index is 0.0511. The summed E-state index contributed by atoms with van der Waals surface area (Å²) in [5, 5.41) is 18.2. The topological polar surface area (TPSA) is 43.7 Å².